The molecular formula is C16H23ClN2O2. The highest BCUT2D eigenvalue weighted by Gasteiger charge is 2.34. The molecule has 21 heavy (non-hydrogen) atoms. The van der Waals surface area contributed by atoms with Gasteiger partial charge in [-0.2, -0.15) is 0 Å². The summed E-state index contributed by atoms with van der Waals surface area (Å²) in [6, 6.07) is 8.33. The number of carbonyl (C=O) groups excluding carboxylic acids is 1. The number of carbonyl (C=O) groups is 1. The van der Waals surface area contributed by atoms with Crippen LogP contribution in [0.2, 0.25) is 5.02 Å². The van der Waals surface area contributed by atoms with Crippen molar-refractivity contribution in [1.82, 2.24) is 10.2 Å². The van der Waals surface area contributed by atoms with Crippen molar-refractivity contribution in [3.8, 4) is 0 Å². The molecule has 1 saturated heterocycles. The maximum atomic E-state index is 11.8. The van der Waals surface area contributed by atoms with Crippen LogP contribution in [0.15, 0.2) is 24.3 Å². The van der Waals surface area contributed by atoms with Gasteiger partial charge in [0.1, 0.15) is 5.60 Å². The number of nitrogens with zero attached hydrogens (tertiary/aromatic N) is 1. The van der Waals surface area contributed by atoms with Gasteiger partial charge in [-0.3, -0.25) is 0 Å². The predicted octanol–water partition coefficient (Wildman–Crippen LogP) is 3.61. The highest BCUT2D eigenvalue weighted by Crippen LogP contribution is 2.21. The minimum Gasteiger partial charge on any atom is -0.444 e. The fourth-order valence-corrected chi connectivity index (χ4v) is 2.48. The van der Waals surface area contributed by atoms with E-state index in [1.807, 2.05) is 45.0 Å². The van der Waals surface area contributed by atoms with E-state index in [4.69, 9.17) is 16.3 Å². The van der Waals surface area contributed by atoms with Crippen molar-refractivity contribution in [2.75, 3.05) is 13.1 Å². The van der Waals surface area contributed by atoms with Crippen LogP contribution in [0.3, 0.4) is 0 Å². The summed E-state index contributed by atoms with van der Waals surface area (Å²) in [6.07, 6.45) is -0.240. The van der Waals surface area contributed by atoms with E-state index in [2.05, 4.69) is 12.2 Å². The number of ether oxygens (including phenoxy) is 1. The largest absolute Gasteiger partial charge is 0.444 e. The quantitative estimate of drug-likeness (QED) is 0.927. The Morgan fingerprint density at radius 1 is 1.43 bits per heavy atom. The summed E-state index contributed by atoms with van der Waals surface area (Å²) >= 11 is 6.00. The number of rotatable bonds is 3. The molecule has 1 aliphatic rings. The molecule has 1 fully saturated rings. The Balaban J connectivity index is 1.79. The number of likely N-dealkylation sites (tertiary alicyclic amines) is 1. The summed E-state index contributed by atoms with van der Waals surface area (Å²) in [4.78, 5) is 13.6. The third-order valence-corrected chi connectivity index (χ3v) is 3.60. The van der Waals surface area contributed by atoms with Gasteiger partial charge < -0.3 is 15.0 Å². The maximum absolute atomic E-state index is 11.8. The molecule has 1 aliphatic heterocycles. The molecule has 1 atom stereocenters. The van der Waals surface area contributed by atoms with E-state index in [0.717, 1.165) is 10.6 Å². The van der Waals surface area contributed by atoms with E-state index in [0.29, 0.717) is 19.1 Å². The van der Waals surface area contributed by atoms with Crippen LogP contribution < -0.4 is 5.32 Å². The first kappa shape index (κ1) is 16.1. The first-order valence-electron chi connectivity index (χ1n) is 7.24. The molecule has 116 valence electrons. The lowest BCUT2D eigenvalue weighted by atomic mass is 10.0. The van der Waals surface area contributed by atoms with Crippen molar-refractivity contribution in [2.24, 2.45) is 0 Å². The van der Waals surface area contributed by atoms with Gasteiger partial charge in [-0.25, -0.2) is 4.79 Å². The average Bonchev–Trinajstić information content (AvgIpc) is 2.30. The lowest BCUT2D eigenvalue weighted by molar-refractivity contribution is 0.00434. The van der Waals surface area contributed by atoms with Crippen LogP contribution in [-0.2, 0) is 4.74 Å². The Morgan fingerprint density at radius 2 is 2.10 bits per heavy atom. The monoisotopic (exact) mass is 310 g/mol. The number of hydrogen-bond acceptors (Lipinski definition) is 3. The summed E-state index contributed by atoms with van der Waals surface area (Å²) in [7, 11) is 0. The molecule has 1 N–H and O–H groups in total. The molecule has 0 saturated carbocycles. The molecule has 0 aliphatic carbocycles. The molecule has 1 amide bonds. The van der Waals surface area contributed by atoms with Crippen LogP contribution >= 0.6 is 11.6 Å². The van der Waals surface area contributed by atoms with Crippen molar-refractivity contribution < 1.29 is 9.53 Å². The molecule has 1 unspecified atom stereocenters. The SMILES string of the molecule is CC(NC1CN(C(=O)OC(C)(C)C)C1)c1cccc(Cl)c1. The number of halogens is 1. The molecule has 0 aromatic heterocycles. The fourth-order valence-electron chi connectivity index (χ4n) is 2.29. The summed E-state index contributed by atoms with van der Waals surface area (Å²) in [5, 5.41) is 4.24. The Hall–Kier alpha value is -1.26. The molecule has 1 heterocycles. The summed E-state index contributed by atoms with van der Waals surface area (Å²) in [6.45, 7) is 9.09. The minimum atomic E-state index is -0.441. The summed E-state index contributed by atoms with van der Waals surface area (Å²) < 4.78 is 5.34. The second kappa shape index (κ2) is 6.24. The van der Waals surface area contributed by atoms with Crippen LogP contribution in [0.25, 0.3) is 0 Å². The van der Waals surface area contributed by atoms with Gasteiger partial charge in [0, 0.05) is 30.2 Å². The first-order valence-corrected chi connectivity index (χ1v) is 7.62. The smallest absolute Gasteiger partial charge is 0.410 e. The molecule has 5 heteroatoms. The lowest BCUT2D eigenvalue weighted by Gasteiger charge is -2.41. The van der Waals surface area contributed by atoms with Crippen LogP contribution in [0.4, 0.5) is 4.79 Å². The summed E-state index contributed by atoms with van der Waals surface area (Å²) in [5.74, 6) is 0. The van der Waals surface area contributed by atoms with Crippen LogP contribution in [-0.4, -0.2) is 35.7 Å². The molecule has 0 bridgehead atoms. The van der Waals surface area contributed by atoms with Crippen molar-refractivity contribution >= 4 is 17.7 Å². The maximum Gasteiger partial charge on any atom is 0.410 e. The van der Waals surface area contributed by atoms with Gasteiger partial charge in [-0.15, -0.1) is 0 Å². The van der Waals surface area contributed by atoms with Gasteiger partial charge in [-0.05, 0) is 45.4 Å². The van der Waals surface area contributed by atoms with E-state index in [1.165, 1.54) is 0 Å². The van der Waals surface area contributed by atoms with Gasteiger partial charge in [-0.1, -0.05) is 23.7 Å². The molecule has 4 nitrogen and oxygen atoms in total. The van der Waals surface area contributed by atoms with Crippen molar-refractivity contribution in [3.63, 3.8) is 0 Å². The zero-order chi connectivity index (χ0) is 15.6. The van der Waals surface area contributed by atoms with Gasteiger partial charge in [0.05, 0.1) is 0 Å². The van der Waals surface area contributed by atoms with Gasteiger partial charge in [0.15, 0.2) is 0 Å². The minimum absolute atomic E-state index is 0.203. The van der Waals surface area contributed by atoms with Crippen molar-refractivity contribution in [2.45, 2.75) is 45.4 Å². The molecule has 0 radical (unpaired) electrons. The van der Waals surface area contributed by atoms with E-state index < -0.39 is 5.60 Å². The van der Waals surface area contributed by atoms with E-state index in [1.54, 1.807) is 4.90 Å². The Bertz CT molecular complexity index is 507. The Kier molecular flexibility index (Phi) is 4.79. The molecular weight excluding hydrogens is 288 g/mol. The predicted molar refractivity (Wildman–Crippen MR) is 84.6 cm³/mol. The van der Waals surface area contributed by atoms with Crippen LogP contribution in [0.5, 0.6) is 0 Å². The fraction of sp³-hybridized carbons (Fsp3) is 0.562. The number of benzene rings is 1. The standard InChI is InChI=1S/C16H23ClN2O2/c1-11(12-6-5-7-13(17)8-12)18-14-9-19(10-14)15(20)21-16(2,3)4/h5-8,11,14,18H,9-10H2,1-4H3. The Labute approximate surface area is 131 Å². The van der Waals surface area contributed by atoms with Gasteiger partial charge in [0.25, 0.3) is 0 Å². The second-order valence-corrected chi connectivity index (χ2v) is 6.96. The summed E-state index contributed by atoms with van der Waals surface area (Å²) in [5.41, 5.74) is 0.710. The van der Waals surface area contributed by atoms with Crippen LogP contribution in [0.1, 0.15) is 39.3 Å². The van der Waals surface area contributed by atoms with E-state index in [9.17, 15) is 4.79 Å². The molecule has 1 aromatic carbocycles. The van der Waals surface area contributed by atoms with Crippen molar-refractivity contribution in [1.29, 1.82) is 0 Å². The zero-order valence-electron chi connectivity index (χ0n) is 13.0. The number of amides is 1. The number of nitrogens with one attached hydrogen (secondary N) is 1. The highest BCUT2D eigenvalue weighted by atomic mass is 35.5. The Morgan fingerprint density at radius 3 is 2.67 bits per heavy atom. The molecule has 2 rings (SSSR count). The molecule has 0 spiro atoms. The first-order chi connectivity index (χ1) is 9.74. The van der Waals surface area contributed by atoms with Crippen LogP contribution in [0, 0.1) is 0 Å². The zero-order valence-corrected chi connectivity index (χ0v) is 13.8. The van der Waals surface area contributed by atoms with E-state index in [-0.39, 0.29) is 12.1 Å². The van der Waals surface area contributed by atoms with E-state index >= 15 is 0 Å². The lowest BCUT2D eigenvalue weighted by Crippen LogP contribution is -2.60. The van der Waals surface area contributed by atoms with Gasteiger partial charge in [0.2, 0.25) is 0 Å². The topological polar surface area (TPSA) is 41.6 Å². The highest BCUT2D eigenvalue weighted by molar-refractivity contribution is 6.30. The number of hydrogen-bond donors (Lipinski definition) is 1. The normalized spacial score (nSPS) is 17.3. The second-order valence-electron chi connectivity index (χ2n) is 6.53. The average molecular weight is 311 g/mol. The van der Waals surface area contributed by atoms with Gasteiger partial charge >= 0.3 is 6.09 Å². The molecule has 1 aromatic rings. The van der Waals surface area contributed by atoms with Crippen molar-refractivity contribution in [3.05, 3.63) is 34.9 Å². The third kappa shape index (κ3) is 4.61. The third-order valence-electron chi connectivity index (χ3n) is 3.37.